The van der Waals surface area contributed by atoms with Crippen LogP contribution in [0.3, 0.4) is 0 Å². The summed E-state index contributed by atoms with van der Waals surface area (Å²) in [7, 11) is -3.69. The predicted molar refractivity (Wildman–Crippen MR) is 86.6 cm³/mol. The third kappa shape index (κ3) is 4.40. The van der Waals surface area contributed by atoms with Gasteiger partial charge in [-0.05, 0) is 12.5 Å². The zero-order chi connectivity index (χ0) is 15.6. The fraction of sp³-hybridized carbons (Fsp3) is 0.462. The van der Waals surface area contributed by atoms with Crippen molar-refractivity contribution in [1.29, 1.82) is 0 Å². The summed E-state index contributed by atoms with van der Waals surface area (Å²) in [5.74, 6) is -0.201. The quantitative estimate of drug-likeness (QED) is 0.785. The minimum atomic E-state index is -3.69. The van der Waals surface area contributed by atoms with Crippen molar-refractivity contribution in [3.05, 3.63) is 35.4 Å². The number of piperazine rings is 1. The number of hydrogen-bond donors (Lipinski definition) is 2. The van der Waals surface area contributed by atoms with Crippen molar-refractivity contribution < 1.29 is 13.2 Å². The molecule has 2 rings (SSSR count). The number of benzene rings is 1. The Bertz CT molecular complexity index is 613. The molecule has 0 bridgehead atoms. The number of amides is 1. The Hall–Kier alpha value is -1.19. The molecule has 0 spiro atoms. The molecular weight excluding hydrogens is 328 g/mol. The third-order valence-corrected chi connectivity index (χ3v) is 4.70. The number of aryl methyl sites for hydroxylation is 1. The SMILES string of the molecule is Cc1ccc(C(N)C(=O)N2CCN(S(N)(=O)=O)CC2)cc1.Cl. The van der Waals surface area contributed by atoms with Crippen molar-refractivity contribution in [1.82, 2.24) is 9.21 Å². The van der Waals surface area contributed by atoms with Gasteiger partial charge in [0.05, 0.1) is 0 Å². The second kappa shape index (κ2) is 7.38. The van der Waals surface area contributed by atoms with E-state index in [9.17, 15) is 13.2 Å². The maximum atomic E-state index is 12.3. The van der Waals surface area contributed by atoms with Crippen molar-refractivity contribution in [2.24, 2.45) is 10.9 Å². The van der Waals surface area contributed by atoms with E-state index in [-0.39, 0.29) is 31.4 Å². The first-order valence-electron chi connectivity index (χ1n) is 6.68. The first-order valence-corrected chi connectivity index (χ1v) is 8.18. The normalized spacial score (nSPS) is 17.7. The molecule has 1 saturated heterocycles. The molecule has 7 nitrogen and oxygen atoms in total. The molecule has 124 valence electrons. The second-order valence-electron chi connectivity index (χ2n) is 5.16. The molecule has 0 saturated carbocycles. The summed E-state index contributed by atoms with van der Waals surface area (Å²) in [4.78, 5) is 13.9. The Morgan fingerprint density at radius 1 is 1.14 bits per heavy atom. The summed E-state index contributed by atoms with van der Waals surface area (Å²) < 4.78 is 23.6. The number of halogens is 1. The van der Waals surface area contributed by atoms with Crippen LogP contribution in [0.2, 0.25) is 0 Å². The van der Waals surface area contributed by atoms with Crippen LogP contribution in [0.1, 0.15) is 17.2 Å². The largest absolute Gasteiger partial charge is 0.338 e. The topological polar surface area (TPSA) is 110 Å². The van der Waals surface area contributed by atoms with Gasteiger partial charge in [-0.1, -0.05) is 29.8 Å². The first-order chi connectivity index (χ1) is 9.79. The van der Waals surface area contributed by atoms with Gasteiger partial charge in [-0.2, -0.15) is 12.7 Å². The van der Waals surface area contributed by atoms with Crippen LogP contribution in [0.25, 0.3) is 0 Å². The molecule has 9 heteroatoms. The fourth-order valence-electron chi connectivity index (χ4n) is 2.28. The van der Waals surface area contributed by atoms with Gasteiger partial charge in [0.2, 0.25) is 5.91 Å². The molecule has 1 aliphatic rings. The van der Waals surface area contributed by atoms with Gasteiger partial charge in [0.15, 0.2) is 0 Å². The van der Waals surface area contributed by atoms with Crippen molar-refractivity contribution in [2.75, 3.05) is 26.2 Å². The Morgan fingerprint density at radius 3 is 2.09 bits per heavy atom. The lowest BCUT2D eigenvalue weighted by atomic mass is 10.0. The summed E-state index contributed by atoms with van der Waals surface area (Å²) >= 11 is 0. The van der Waals surface area contributed by atoms with Gasteiger partial charge in [0.25, 0.3) is 10.2 Å². The van der Waals surface area contributed by atoms with Crippen molar-refractivity contribution in [2.45, 2.75) is 13.0 Å². The van der Waals surface area contributed by atoms with E-state index in [1.54, 1.807) is 4.90 Å². The van der Waals surface area contributed by atoms with Crippen LogP contribution in [-0.4, -0.2) is 49.7 Å². The molecule has 1 amide bonds. The Morgan fingerprint density at radius 2 is 1.64 bits per heavy atom. The summed E-state index contributed by atoms with van der Waals surface area (Å²) in [6.45, 7) is 2.96. The highest BCUT2D eigenvalue weighted by Crippen LogP contribution is 2.16. The molecule has 1 aliphatic heterocycles. The average molecular weight is 349 g/mol. The minimum Gasteiger partial charge on any atom is -0.338 e. The van der Waals surface area contributed by atoms with E-state index in [1.165, 1.54) is 0 Å². The van der Waals surface area contributed by atoms with Gasteiger partial charge >= 0.3 is 0 Å². The smallest absolute Gasteiger partial charge is 0.277 e. The number of nitrogens with two attached hydrogens (primary N) is 2. The van der Waals surface area contributed by atoms with Gasteiger partial charge < -0.3 is 10.6 Å². The Kier molecular flexibility index (Phi) is 6.33. The lowest BCUT2D eigenvalue weighted by Gasteiger charge is -2.34. The lowest BCUT2D eigenvalue weighted by Crippen LogP contribution is -2.53. The van der Waals surface area contributed by atoms with Crippen molar-refractivity contribution >= 4 is 28.5 Å². The molecule has 0 aromatic heterocycles. The zero-order valence-corrected chi connectivity index (χ0v) is 13.9. The Balaban J connectivity index is 0.00000242. The Labute approximate surface area is 136 Å². The maximum Gasteiger partial charge on any atom is 0.277 e. The number of carbonyl (C=O) groups is 1. The molecular formula is C13H21ClN4O3S. The summed E-state index contributed by atoms with van der Waals surface area (Å²) in [5, 5.41) is 5.07. The molecule has 0 radical (unpaired) electrons. The van der Waals surface area contributed by atoms with E-state index >= 15 is 0 Å². The zero-order valence-electron chi connectivity index (χ0n) is 12.3. The van der Waals surface area contributed by atoms with Crippen LogP contribution in [0, 0.1) is 6.92 Å². The van der Waals surface area contributed by atoms with E-state index in [1.807, 2.05) is 31.2 Å². The summed E-state index contributed by atoms with van der Waals surface area (Å²) in [6, 6.07) is 6.74. The van der Waals surface area contributed by atoms with Gasteiger partial charge in [0, 0.05) is 26.2 Å². The standard InChI is InChI=1S/C13H20N4O3S.ClH/c1-10-2-4-11(5-3-10)12(14)13(18)16-6-8-17(9-7-16)21(15,19)20;/h2-5,12H,6-9,14H2,1H3,(H2,15,19,20);1H. The van der Waals surface area contributed by atoms with E-state index in [0.717, 1.165) is 15.4 Å². The van der Waals surface area contributed by atoms with Crippen LogP contribution < -0.4 is 10.9 Å². The van der Waals surface area contributed by atoms with Gasteiger partial charge in [-0.3, -0.25) is 4.79 Å². The molecule has 1 fully saturated rings. The monoisotopic (exact) mass is 348 g/mol. The van der Waals surface area contributed by atoms with Crippen LogP contribution in [-0.2, 0) is 15.0 Å². The van der Waals surface area contributed by atoms with Crippen LogP contribution in [0.4, 0.5) is 0 Å². The highest BCUT2D eigenvalue weighted by molar-refractivity contribution is 7.86. The fourth-order valence-corrected chi connectivity index (χ4v) is 2.95. The second-order valence-corrected chi connectivity index (χ2v) is 6.70. The van der Waals surface area contributed by atoms with Crippen LogP contribution in [0.15, 0.2) is 24.3 Å². The molecule has 1 unspecified atom stereocenters. The molecule has 1 aromatic rings. The molecule has 22 heavy (non-hydrogen) atoms. The summed E-state index contributed by atoms with van der Waals surface area (Å²) in [5.41, 5.74) is 7.84. The number of carbonyl (C=O) groups excluding carboxylic acids is 1. The van der Waals surface area contributed by atoms with Crippen molar-refractivity contribution in [3.63, 3.8) is 0 Å². The molecule has 1 atom stereocenters. The first kappa shape index (κ1) is 18.9. The molecule has 0 aliphatic carbocycles. The predicted octanol–water partition coefficient (Wildman–Crippen LogP) is -0.236. The molecule has 4 N–H and O–H groups in total. The van der Waals surface area contributed by atoms with E-state index in [2.05, 4.69) is 0 Å². The highest BCUT2D eigenvalue weighted by Gasteiger charge is 2.29. The number of hydrogen-bond acceptors (Lipinski definition) is 4. The van der Waals surface area contributed by atoms with Crippen molar-refractivity contribution in [3.8, 4) is 0 Å². The van der Waals surface area contributed by atoms with Gasteiger partial charge in [-0.15, -0.1) is 12.4 Å². The van der Waals surface area contributed by atoms with Gasteiger partial charge in [-0.25, -0.2) is 5.14 Å². The van der Waals surface area contributed by atoms with E-state index < -0.39 is 16.3 Å². The molecule has 1 aromatic carbocycles. The summed E-state index contributed by atoms with van der Waals surface area (Å²) in [6.07, 6.45) is 0. The third-order valence-electron chi connectivity index (χ3n) is 3.61. The van der Waals surface area contributed by atoms with Crippen LogP contribution >= 0.6 is 12.4 Å². The lowest BCUT2D eigenvalue weighted by molar-refractivity contribution is -0.133. The van der Waals surface area contributed by atoms with Gasteiger partial charge in [0.1, 0.15) is 6.04 Å². The average Bonchev–Trinajstić information content (AvgIpc) is 2.46. The molecule has 1 heterocycles. The minimum absolute atomic E-state index is 0. The maximum absolute atomic E-state index is 12.3. The number of nitrogens with zero attached hydrogens (tertiary/aromatic N) is 2. The van der Waals surface area contributed by atoms with Crippen LogP contribution in [0.5, 0.6) is 0 Å². The van der Waals surface area contributed by atoms with E-state index in [4.69, 9.17) is 10.9 Å². The highest BCUT2D eigenvalue weighted by atomic mass is 35.5. The number of rotatable bonds is 3. The van der Waals surface area contributed by atoms with E-state index in [0.29, 0.717) is 13.1 Å².